The fraction of sp³-hybridized carbons (Fsp3) is 0.667. The van der Waals surface area contributed by atoms with Crippen molar-refractivity contribution in [3.8, 4) is 5.75 Å². The Labute approximate surface area is 128 Å². The molecule has 1 fully saturated rings. The summed E-state index contributed by atoms with van der Waals surface area (Å²) in [6, 6.07) is 9.88. The van der Waals surface area contributed by atoms with Crippen LogP contribution in [0.4, 0.5) is 0 Å². The van der Waals surface area contributed by atoms with Crippen LogP contribution in [0.15, 0.2) is 30.3 Å². The largest absolute Gasteiger partial charge is 0.491 e. The van der Waals surface area contributed by atoms with Gasteiger partial charge in [-0.2, -0.15) is 0 Å². The molecule has 0 atom stereocenters. The van der Waals surface area contributed by atoms with Gasteiger partial charge in [-0.1, -0.05) is 38.0 Å². The average Bonchev–Trinajstić information content (AvgIpc) is 2.55. The second-order valence-corrected chi connectivity index (χ2v) is 6.13. The molecule has 0 unspecified atom stereocenters. The van der Waals surface area contributed by atoms with Crippen LogP contribution in [0.3, 0.4) is 0 Å². The van der Waals surface area contributed by atoms with Gasteiger partial charge in [0, 0.05) is 6.54 Å². The normalized spacial score (nSPS) is 25.7. The molecule has 0 heterocycles. The van der Waals surface area contributed by atoms with E-state index < -0.39 is 0 Å². The molecule has 3 heteroatoms. The number of ether oxygens (including phenoxy) is 2. The van der Waals surface area contributed by atoms with Crippen LogP contribution in [-0.2, 0) is 4.74 Å². The van der Waals surface area contributed by atoms with Gasteiger partial charge in [-0.3, -0.25) is 0 Å². The maximum Gasteiger partial charge on any atom is 0.119 e. The molecule has 1 aliphatic rings. The smallest absolute Gasteiger partial charge is 0.119 e. The molecule has 1 saturated carbocycles. The van der Waals surface area contributed by atoms with Gasteiger partial charge < -0.3 is 15.2 Å². The summed E-state index contributed by atoms with van der Waals surface area (Å²) < 4.78 is 11.8. The van der Waals surface area contributed by atoms with Gasteiger partial charge in [0.15, 0.2) is 0 Å². The lowest BCUT2D eigenvalue weighted by molar-refractivity contribution is -0.0792. The van der Waals surface area contributed by atoms with Crippen LogP contribution in [0.1, 0.15) is 45.4 Å². The summed E-state index contributed by atoms with van der Waals surface area (Å²) in [5, 5.41) is 0. The van der Waals surface area contributed by atoms with Gasteiger partial charge in [0.05, 0.1) is 12.2 Å². The Morgan fingerprint density at radius 3 is 2.48 bits per heavy atom. The summed E-state index contributed by atoms with van der Waals surface area (Å²) in [6.45, 7) is 4.09. The highest BCUT2D eigenvalue weighted by Gasteiger charge is 2.34. The van der Waals surface area contributed by atoms with Crippen molar-refractivity contribution >= 4 is 0 Å². The van der Waals surface area contributed by atoms with Crippen molar-refractivity contribution in [1.82, 2.24) is 0 Å². The summed E-state index contributed by atoms with van der Waals surface area (Å²) in [5.74, 6) is 1.77. The second kappa shape index (κ2) is 8.40. The van der Waals surface area contributed by atoms with Crippen LogP contribution in [0.2, 0.25) is 0 Å². The molecule has 3 nitrogen and oxygen atoms in total. The number of hydrogen-bond acceptors (Lipinski definition) is 3. The first-order valence-electron chi connectivity index (χ1n) is 8.30. The summed E-state index contributed by atoms with van der Waals surface area (Å²) >= 11 is 0. The summed E-state index contributed by atoms with van der Waals surface area (Å²) in [7, 11) is 0. The molecule has 1 aromatic carbocycles. The molecule has 21 heavy (non-hydrogen) atoms. The molecule has 0 radical (unpaired) electrons. The highest BCUT2D eigenvalue weighted by atomic mass is 16.5. The maximum absolute atomic E-state index is 6.12. The van der Waals surface area contributed by atoms with Crippen molar-refractivity contribution < 1.29 is 9.47 Å². The lowest BCUT2D eigenvalue weighted by atomic mass is 9.77. The quantitative estimate of drug-likeness (QED) is 0.742. The molecule has 2 rings (SSSR count). The van der Waals surface area contributed by atoms with E-state index >= 15 is 0 Å². The van der Waals surface area contributed by atoms with Crippen molar-refractivity contribution in [1.29, 1.82) is 0 Å². The van der Waals surface area contributed by atoms with Gasteiger partial charge in [0.25, 0.3) is 0 Å². The zero-order chi connectivity index (χ0) is 15.0. The Morgan fingerprint density at radius 2 is 1.86 bits per heavy atom. The molecular formula is C18H29NO2. The zero-order valence-corrected chi connectivity index (χ0v) is 13.2. The lowest BCUT2D eigenvalue weighted by Crippen LogP contribution is -2.44. The first kappa shape index (κ1) is 16.3. The van der Waals surface area contributed by atoms with Gasteiger partial charge in [0.1, 0.15) is 12.4 Å². The highest BCUT2D eigenvalue weighted by molar-refractivity contribution is 5.20. The number of benzene rings is 1. The van der Waals surface area contributed by atoms with Crippen LogP contribution < -0.4 is 10.5 Å². The monoisotopic (exact) mass is 291 g/mol. The van der Waals surface area contributed by atoms with Crippen molar-refractivity contribution in [3.05, 3.63) is 30.3 Å². The van der Waals surface area contributed by atoms with Crippen molar-refractivity contribution in [2.24, 2.45) is 11.7 Å². The summed E-state index contributed by atoms with van der Waals surface area (Å²) in [5.41, 5.74) is 5.88. The van der Waals surface area contributed by atoms with E-state index in [-0.39, 0.29) is 5.60 Å². The second-order valence-electron chi connectivity index (χ2n) is 6.13. The molecule has 118 valence electrons. The molecule has 0 amide bonds. The van der Waals surface area contributed by atoms with Gasteiger partial charge in [0.2, 0.25) is 0 Å². The molecule has 0 aliphatic heterocycles. The van der Waals surface area contributed by atoms with Crippen LogP contribution in [0, 0.1) is 5.92 Å². The fourth-order valence-corrected chi connectivity index (χ4v) is 3.24. The standard InChI is InChI=1S/C18H29NO2/c1-2-6-16-9-11-18(15-19,12-10-16)21-14-13-20-17-7-4-3-5-8-17/h3-5,7-8,16H,2,6,9-15,19H2,1H3. The first-order chi connectivity index (χ1) is 10.3. The minimum absolute atomic E-state index is 0.107. The predicted molar refractivity (Wildman–Crippen MR) is 86.5 cm³/mol. The van der Waals surface area contributed by atoms with Gasteiger partial charge in [-0.25, -0.2) is 0 Å². The van der Waals surface area contributed by atoms with Crippen LogP contribution >= 0.6 is 0 Å². The van der Waals surface area contributed by atoms with E-state index in [1.54, 1.807) is 0 Å². The molecule has 0 aromatic heterocycles. The lowest BCUT2D eigenvalue weighted by Gasteiger charge is -2.39. The van der Waals surface area contributed by atoms with E-state index in [4.69, 9.17) is 15.2 Å². The van der Waals surface area contributed by atoms with Crippen LogP contribution in [0.5, 0.6) is 5.75 Å². The number of rotatable bonds is 8. The Morgan fingerprint density at radius 1 is 1.14 bits per heavy atom. The van der Waals surface area contributed by atoms with Crippen molar-refractivity contribution in [3.63, 3.8) is 0 Å². The SMILES string of the molecule is CCCC1CCC(CN)(OCCOc2ccccc2)CC1. The number of para-hydroxylation sites is 1. The minimum atomic E-state index is -0.107. The first-order valence-corrected chi connectivity index (χ1v) is 8.30. The summed E-state index contributed by atoms with van der Waals surface area (Å²) in [4.78, 5) is 0. The molecule has 0 spiro atoms. The van der Waals surface area contributed by atoms with E-state index in [0.29, 0.717) is 19.8 Å². The Balaban J connectivity index is 1.70. The fourth-order valence-electron chi connectivity index (χ4n) is 3.24. The molecule has 1 aliphatic carbocycles. The van der Waals surface area contributed by atoms with Crippen molar-refractivity contribution in [2.75, 3.05) is 19.8 Å². The number of hydrogen-bond donors (Lipinski definition) is 1. The third kappa shape index (κ3) is 5.01. The zero-order valence-electron chi connectivity index (χ0n) is 13.2. The maximum atomic E-state index is 6.12. The van der Waals surface area contributed by atoms with E-state index in [1.165, 1.54) is 25.7 Å². The average molecular weight is 291 g/mol. The third-order valence-electron chi connectivity index (χ3n) is 4.59. The predicted octanol–water partition coefficient (Wildman–Crippen LogP) is 3.77. The highest BCUT2D eigenvalue weighted by Crippen LogP contribution is 2.36. The Bertz CT molecular complexity index is 385. The Kier molecular flexibility index (Phi) is 6.52. The number of nitrogens with two attached hydrogens (primary N) is 1. The van der Waals surface area contributed by atoms with Gasteiger partial charge in [-0.05, 0) is 43.7 Å². The third-order valence-corrected chi connectivity index (χ3v) is 4.59. The van der Waals surface area contributed by atoms with Crippen molar-refractivity contribution in [2.45, 2.75) is 51.0 Å². The van der Waals surface area contributed by atoms with E-state index in [9.17, 15) is 0 Å². The topological polar surface area (TPSA) is 44.5 Å². The molecule has 0 bridgehead atoms. The molecule has 1 aromatic rings. The molecule has 0 saturated heterocycles. The Hall–Kier alpha value is -1.06. The molecule has 2 N–H and O–H groups in total. The van der Waals surface area contributed by atoms with Gasteiger partial charge in [-0.15, -0.1) is 0 Å². The van der Waals surface area contributed by atoms with Gasteiger partial charge >= 0.3 is 0 Å². The molecular weight excluding hydrogens is 262 g/mol. The van der Waals surface area contributed by atoms with E-state index in [2.05, 4.69) is 6.92 Å². The van der Waals surface area contributed by atoms with E-state index in [1.807, 2.05) is 30.3 Å². The minimum Gasteiger partial charge on any atom is -0.491 e. The summed E-state index contributed by atoms with van der Waals surface area (Å²) in [6.07, 6.45) is 7.33. The van der Waals surface area contributed by atoms with E-state index in [0.717, 1.165) is 24.5 Å². The van der Waals surface area contributed by atoms with Crippen LogP contribution in [0.25, 0.3) is 0 Å². The van der Waals surface area contributed by atoms with Crippen LogP contribution in [-0.4, -0.2) is 25.4 Å².